The van der Waals surface area contributed by atoms with Crippen LogP contribution in [0.1, 0.15) is 58.3 Å². The number of phenols is 1. The maximum absolute atomic E-state index is 13.7. The first kappa shape index (κ1) is 22.5. The van der Waals surface area contributed by atoms with Crippen LogP contribution in [0, 0.1) is 5.82 Å². The number of aromatic nitrogens is 3. The van der Waals surface area contributed by atoms with Gasteiger partial charge in [-0.2, -0.15) is 15.0 Å². The average molecular weight is 445 g/mol. The lowest BCUT2D eigenvalue weighted by atomic mass is 10.1. The Labute approximate surface area is 188 Å². The number of anilines is 2. The van der Waals surface area contributed by atoms with E-state index in [1.807, 2.05) is 0 Å². The van der Waals surface area contributed by atoms with Crippen molar-refractivity contribution in [2.45, 2.75) is 70.4 Å². The molecule has 174 valence electrons. The van der Waals surface area contributed by atoms with E-state index in [4.69, 9.17) is 4.74 Å². The second-order valence-electron chi connectivity index (χ2n) is 8.62. The second-order valence-corrected chi connectivity index (χ2v) is 8.62. The van der Waals surface area contributed by atoms with Crippen molar-refractivity contribution in [2.24, 2.45) is 0 Å². The molecule has 0 radical (unpaired) electrons. The summed E-state index contributed by atoms with van der Waals surface area (Å²) in [5, 5.41) is 16.2. The monoisotopic (exact) mass is 444 g/mol. The predicted molar refractivity (Wildman–Crippen MR) is 122 cm³/mol. The van der Waals surface area contributed by atoms with Gasteiger partial charge in [-0.25, -0.2) is 4.39 Å². The lowest BCUT2D eigenvalue weighted by Gasteiger charge is -2.23. The third-order valence-corrected chi connectivity index (χ3v) is 6.33. The summed E-state index contributed by atoms with van der Waals surface area (Å²) in [5.41, 5.74) is 0. The molecule has 0 amide bonds. The van der Waals surface area contributed by atoms with Gasteiger partial charge >= 0.3 is 6.01 Å². The molecule has 9 heteroatoms. The minimum absolute atomic E-state index is 0.0856. The molecule has 1 saturated heterocycles. The Bertz CT molecular complexity index is 891. The Morgan fingerprint density at radius 1 is 1.06 bits per heavy atom. The van der Waals surface area contributed by atoms with E-state index in [9.17, 15) is 9.50 Å². The van der Waals surface area contributed by atoms with Crippen LogP contribution in [0.5, 0.6) is 17.5 Å². The predicted octanol–water partition coefficient (Wildman–Crippen LogP) is 4.54. The topological polar surface area (TPSA) is 95.4 Å². The third-order valence-electron chi connectivity index (χ3n) is 6.33. The summed E-state index contributed by atoms with van der Waals surface area (Å²) in [7, 11) is 0. The van der Waals surface area contributed by atoms with Crippen molar-refractivity contribution < 1.29 is 14.2 Å². The highest BCUT2D eigenvalue weighted by Crippen LogP contribution is 2.26. The molecular formula is C23H33FN6O2. The number of nitrogens with one attached hydrogen (secondary N) is 2. The molecule has 8 nitrogen and oxygen atoms in total. The lowest BCUT2D eigenvalue weighted by Crippen LogP contribution is -2.35. The molecule has 1 atom stereocenters. The van der Waals surface area contributed by atoms with E-state index in [1.165, 1.54) is 44.2 Å². The Balaban J connectivity index is 1.51. The van der Waals surface area contributed by atoms with Crippen molar-refractivity contribution in [1.29, 1.82) is 0 Å². The average Bonchev–Trinajstić information content (AvgIpc) is 3.09. The highest BCUT2D eigenvalue weighted by molar-refractivity contribution is 5.39. The number of nitrogens with zero attached hydrogens (tertiary/aromatic N) is 4. The van der Waals surface area contributed by atoms with Crippen molar-refractivity contribution in [3.05, 3.63) is 24.0 Å². The lowest BCUT2D eigenvalue weighted by molar-refractivity contribution is 0.276. The molecule has 1 aromatic heterocycles. The first-order valence-corrected chi connectivity index (χ1v) is 11.8. The number of likely N-dealkylation sites (tertiary alicyclic amines) is 1. The normalized spacial score (nSPS) is 20.1. The highest BCUT2D eigenvalue weighted by atomic mass is 19.1. The van der Waals surface area contributed by atoms with Gasteiger partial charge in [-0.3, -0.25) is 4.90 Å². The number of hydrogen-bond acceptors (Lipinski definition) is 8. The van der Waals surface area contributed by atoms with Gasteiger partial charge in [0, 0.05) is 24.7 Å². The summed E-state index contributed by atoms with van der Waals surface area (Å²) in [6.45, 7) is 5.07. The minimum atomic E-state index is -0.757. The number of hydrogen-bond donors (Lipinski definition) is 3. The summed E-state index contributed by atoms with van der Waals surface area (Å²) in [6, 6.07) is 4.69. The zero-order valence-corrected chi connectivity index (χ0v) is 18.7. The summed E-state index contributed by atoms with van der Waals surface area (Å²) in [4.78, 5) is 15.9. The molecule has 1 saturated carbocycles. The molecule has 2 aromatic rings. The van der Waals surface area contributed by atoms with Crippen LogP contribution in [0.4, 0.5) is 16.3 Å². The van der Waals surface area contributed by atoms with Crippen molar-refractivity contribution >= 4 is 11.9 Å². The molecule has 2 fully saturated rings. The molecule has 32 heavy (non-hydrogen) atoms. The summed E-state index contributed by atoms with van der Waals surface area (Å²) >= 11 is 0. The zero-order valence-electron chi connectivity index (χ0n) is 18.7. The van der Waals surface area contributed by atoms with Crippen LogP contribution < -0.4 is 15.4 Å². The van der Waals surface area contributed by atoms with E-state index in [0.29, 0.717) is 24.0 Å². The van der Waals surface area contributed by atoms with E-state index in [-0.39, 0.29) is 11.8 Å². The number of phenolic OH excluding ortho intramolecular Hbond substituents is 1. The van der Waals surface area contributed by atoms with Gasteiger partial charge in [-0.05, 0) is 50.9 Å². The standard InChI is InChI=1S/C23H33FN6O2/c1-2-30-13-7-10-17(30)15-25-21-27-22(26-16-8-5-3-4-6-9-16)29-23(28-21)32-18-11-12-20(31)19(24)14-18/h11-12,14,16-17,31H,2-10,13,15H2,1H3,(H2,25,26,27,28,29). The Kier molecular flexibility index (Phi) is 7.57. The van der Waals surface area contributed by atoms with Crippen molar-refractivity contribution in [1.82, 2.24) is 19.9 Å². The molecule has 1 aromatic carbocycles. The number of ether oxygens (including phenoxy) is 1. The number of aromatic hydroxyl groups is 1. The fourth-order valence-electron chi connectivity index (χ4n) is 4.56. The maximum Gasteiger partial charge on any atom is 0.328 e. The van der Waals surface area contributed by atoms with Crippen LogP contribution in [-0.4, -0.2) is 56.7 Å². The van der Waals surface area contributed by atoms with E-state index in [0.717, 1.165) is 45.0 Å². The van der Waals surface area contributed by atoms with E-state index >= 15 is 0 Å². The molecule has 4 rings (SSSR count). The molecule has 0 bridgehead atoms. The van der Waals surface area contributed by atoms with E-state index in [1.54, 1.807) is 0 Å². The fraction of sp³-hybridized carbons (Fsp3) is 0.609. The van der Waals surface area contributed by atoms with Crippen molar-refractivity contribution in [2.75, 3.05) is 30.3 Å². The summed E-state index contributed by atoms with van der Waals surface area (Å²) in [6.07, 6.45) is 9.43. The number of likely N-dealkylation sites (N-methyl/N-ethyl adjacent to an activating group) is 1. The Hall–Kier alpha value is -2.68. The third kappa shape index (κ3) is 5.97. The van der Waals surface area contributed by atoms with Crippen molar-refractivity contribution in [3.63, 3.8) is 0 Å². The molecule has 1 aliphatic heterocycles. The van der Waals surface area contributed by atoms with Gasteiger partial charge in [0.25, 0.3) is 0 Å². The first-order valence-electron chi connectivity index (χ1n) is 11.8. The maximum atomic E-state index is 13.7. The molecule has 3 N–H and O–H groups in total. The number of benzene rings is 1. The van der Waals surface area contributed by atoms with Crippen LogP contribution in [-0.2, 0) is 0 Å². The van der Waals surface area contributed by atoms with Gasteiger partial charge in [-0.15, -0.1) is 0 Å². The van der Waals surface area contributed by atoms with Crippen LogP contribution in [0.25, 0.3) is 0 Å². The fourth-order valence-corrected chi connectivity index (χ4v) is 4.56. The molecule has 1 aliphatic carbocycles. The number of rotatable bonds is 8. The molecule has 2 heterocycles. The van der Waals surface area contributed by atoms with Gasteiger partial charge in [0.15, 0.2) is 11.6 Å². The van der Waals surface area contributed by atoms with Gasteiger partial charge in [0.2, 0.25) is 11.9 Å². The quantitative estimate of drug-likeness (QED) is 0.511. The molecular weight excluding hydrogens is 411 g/mol. The SMILES string of the molecule is CCN1CCCC1CNc1nc(NC2CCCCCC2)nc(Oc2ccc(O)c(F)c2)n1. The van der Waals surface area contributed by atoms with Crippen LogP contribution in [0.2, 0.25) is 0 Å². The van der Waals surface area contributed by atoms with Crippen LogP contribution in [0.3, 0.4) is 0 Å². The molecule has 0 spiro atoms. The largest absolute Gasteiger partial charge is 0.505 e. The zero-order chi connectivity index (χ0) is 22.3. The molecule has 1 unspecified atom stereocenters. The Morgan fingerprint density at radius 2 is 1.84 bits per heavy atom. The van der Waals surface area contributed by atoms with Crippen molar-refractivity contribution in [3.8, 4) is 17.5 Å². The first-order chi connectivity index (χ1) is 15.6. The van der Waals surface area contributed by atoms with Crippen LogP contribution >= 0.6 is 0 Å². The van der Waals surface area contributed by atoms with Gasteiger partial charge in [0.1, 0.15) is 5.75 Å². The summed E-state index contributed by atoms with van der Waals surface area (Å²) in [5.74, 6) is -0.0720. The second kappa shape index (κ2) is 10.8. The van der Waals surface area contributed by atoms with E-state index in [2.05, 4.69) is 37.4 Å². The molecule has 2 aliphatic rings. The van der Waals surface area contributed by atoms with Gasteiger partial charge in [0.05, 0.1) is 0 Å². The van der Waals surface area contributed by atoms with Crippen LogP contribution in [0.15, 0.2) is 18.2 Å². The van der Waals surface area contributed by atoms with Gasteiger partial charge in [-0.1, -0.05) is 32.6 Å². The van der Waals surface area contributed by atoms with E-state index < -0.39 is 11.6 Å². The Morgan fingerprint density at radius 3 is 2.59 bits per heavy atom. The van der Waals surface area contributed by atoms with Gasteiger partial charge < -0.3 is 20.5 Å². The smallest absolute Gasteiger partial charge is 0.328 e. The number of halogens is 1. The minimum Gasteiger partial charge on any atom is -0.505 e. The highest BCUT2D eigenvalue weighted by Gasteiger charge is 2.23. The summed E-state index contributed by atoms with van der Waals surface area (Å²) < 4.78 is 19.5.